The minimum Gasteiger partial charge on any atom is -0.461 e. The molecule has 2 aliphatic heterocycles. The minimum absolute atomic E-state index is 0.0418. The van der Waals surface area contributed by atoms with Crippen molar-refractivity contribution in [2.75, 3.05) is 19.6 Å². The van der Waals surface area contributed by atoms with Gasteiger partial charge in [0.1, 0.15) is 12.1 Å². The molecule has 0 radical (unpaired) electrons. The second kappa shape index (κ2) is 6.01. The third-order valence-corrected chi connectivity index (χ3v) is 4.90. The summed E-state index contributed by atoms with van der Waals surface area (Å²) in [7, 11) is 0. The molecule has 3 rings (SSSR count). The maximum Gasteiger partial charge on any atom is 0.323 e. The topological polar surface area (TPSA) is 32.8 Å². The third-order valence-electron chi connectivity index (χ3n) is 4.90. The maximum absolute atomic E-state index is 12.0. The van der Waals surface area contributed by atoms with Crippen molar-refractivity contribution in [3.05, 3.63) is 35.9 Å². The number of carbonyl (C=O) groups excluding carboxylic acids is 1. The average molecular weight is 302 g/mol. The van der Waals surface area contributed by atoms with Gasteiger partial charge in [0.2, 0.25) is 0 Å². The molecule has 2 heterocycles. The van der Waals surface area contributed by atoms with Crippen LogP contribution in [-0.4, -0.2) is 53.1 Å². The van der Waals surface area contributed by atoms with Crippen molar-refractivity contribution in [2.45, 2.75) is 51.4 Å². The monoisotopic (exact) mass is 302 g/mol. The fourth-order valence-electron chi connectivity index (χ4n) is 3.62. The molecule has 0 saturated carbocycles. The predicted octanol–water partition coefficient (Wildman–Crippen LogP) is 2.29. The zero-order valence-electron chi connectivity index (χ0n) is 13.8. The summed E-state index contributed by atoms with van der Waals surface area (Å²) in [5.74, 6) is -0.0418. The van der Waals surface area contributed by atoms with Gasteiger partial charge in [0, 0.05) is 38.1 Å². The quantitative estimate of drug-likeness (QED) is 0.802. The van der Waals surface area contributed by atoms with Gasteiger partial charge in [0.15, 0.2) is 0 Å². The van der Waals surface area contributed by atoms with Crippen LogP contribution in [0.3, 0.4) is 0 Å². The van der Waals surface area contributed by atoms with E-state index in [1.54, 1.807) is 0 Å². The summed E-state index contributed by atoms with van der Waals surface area (Å²) >= 11 is 0. The zero-order chi connectivity index (χ0) is 15.7. The van der Waals surface area contributed by atoms with E-state index in [-0.39, 0.29) is 23.7 Å². The van der Waals surface area contributed by atoms with Gasteiger partial charge in [-0.15, -0.1) is 0 Å². The Hall–Kier alpha value is -1.39. The fourth-order valence-corrected chi connectivity index (χ4v) is 3.62. The van der Waals surface area contributed by atoms with Crippen LogP contribution in [0.4, 0.5) is 0 Å². The van der Waals surface area contributed by atoms with Crippen LogP contribution in [-0.2, 0) is 16.1 Å². The first kappa shape index (κ1) is 15.5. The van der Waals surface area contributed by atoms with Crippen LogP contribution >= 0.6 is 0 Å². The van der Waals surface area contributed by atoms with Gasteiger partial charge >= 0.3 is 5.97 Å². The van der Waals surface area contributed by atoms with Crippen molar-refractivity contribution in [1.82, 2.24) is 9.80 Å². The fraction of sp³-hybridized carbons (Fsp3) is 0.611. The van der Waals surface area contributed by atoms with E-state index in [4.69, 9.17) is 4.74 Å². The number of carbonyl (C=O) groups is 1. The Bertz CT molecular complexity index is 529. The SMILES string of the molecule is CC1CC(N2CCN(Cc3ccccc3)C(C)(C)C2)C(=O)O1. The molecule has 4 nitrogen and oxygen atoms in total. The molecule has 2 fully saturated rings. The second-order valence-corrected chi connectivity index (χ2v) is 7.19. The number of benzene rings is 1. The first-order chi connectivity index (χ1) is 10.5. The summed E-state index contributed by atoms with van der Waals surface area (Å²) < 4.78 is 5.32. The molecule has 2 unspecified atom stereocenters. The predicted molar refractivity (Wildman–Crippen MR) is 86.5 cm³/mol. The highest BCUT2D eigenvalue weighted by Crippen LogP contribution is 2.28. The van der Waals surface area contributed by atoms with Gasteiger partial charge in [-0.05, 0) is 26.3 Å². The number of hydrogen-bond acceptors (Lipinski definition) is 4. The minimum atomic E-state index is -0.0480. The molecule has 2 aliphatic rings. The maximum atomic E-state index is 12.0. The van der Waals surface area contributed by atoms with Crippen molar-refractivity contribution in [3.63, 3.8) is 0 Å². The molecule has 120 valence electrons. The summed E-state index contributed by atoms with van der Waals surface area (Å²) in [4.78, 5) is 16.8. The molecular weight excluding hydrogens is 276 g/mol. The van der Waals surface area contributed by atoms with Crippen LogP contribution in [0.15, 0.2) is 30.3 Å². The smallest absolute Gasteiger partial charge is 0.323 e. The molecular formula is C18H26N2O2. The summed E-state index contributed by atoms with van der Waals surface area (Å²) in [5, 5.41) is 0. The molecule has 0 amide bonds. The molecule has 2 atom stereocenters. The molecule has 1 aromatic rings. The number of esters is 1. The van der Waals surface area contributed by atoms with E-state index in [2.05, 4.69) is 54.0 Å². The first-order valence-electron chi connectivity index (χ1n) is 8.19. The van der Waals surface area contributed by atoms with Crippen LogP contribution in [0, 0.1) is 0 Å². The van der Waals surface area contributed by atoms with Crippen LogP contribution < -0.4 is 0 Å². The highest BCUT2D eigenvalue weighted by molar-refractivity contribution is 5.78. The highest BCUT2D eigenvalue weighted by Gasteiger charge is 2.42. The number of nitrogens with zero attached hydrogens (tertiary/aromatic N) is 2. The lowest BCUT2D eigenvalue weighted by molar-refractivity contribution is -0.146. The van der Waals surface area contributed by atoms with Crippen molar-refractivity contribution in [1.29, 1.82) is 0 Å². The van der Waals surface area contributed by atoms with E-state index in [1.807, 2.05) is 6.92 Å². The number of cyclic esters (lactones) is 1. The summed E-state index contributed by atoms with van der Waals surface area (Å²) in [6.45, 7) is 10.3. The lowest BCUT2D eigenvalue weighted by Gasteiger charge is -2.48. The lowest BCUT2D eigenvalue weighted by Crippen LogP contribution is -2.61. The molecule has 0 aromatic heterocycles. The van der Waals surface area contributed by atoms with Gasteiger partial charge in [0.05, 0.1) is 0 Å². The molecule has 4 heteroatoms. The van der Waals surface area contributed by atoms with Gasteiger partial charge in [-0.2, -0.15) is 0 Å². The van der Waals surface area contributed by atoms with E-state index in [1.165, 1.54) is 5.56 Å². The van der Waals surface area contributed by atoms with E-state index in [0.717, 1.165) is 32.6 Å². The largest absolute Gasteiger partial charge is 0.461 e. The average Bonchev–Trinajstić information content (AvgIpc) is 2.81. The normalized spacial score (nSPS) is 29.5. The van der Waals surface area contributed by atoms with Crippen LogP contribution in [0.5, 0.6) is 0 Å². The molecule has 0 N–H and O–H groups in total. The van der Waals surface area contributed by atoms with Gasteiger partial charge in [-0.1, -0.05) is 30.3 Å². The van der Waals surface area contributed by atoms with E-state index in [9.17, 15) is 4.79 Å². The van der Waals surface area contributed by atoms with Crippen molar-refractivity contribution in [2.24, 2.45) is 0 Å². The lowest BCUT2D eigenvalue weighted by atomic mass is 9.96. The Morgan fingerprint density at radius 1 is 1.23 bits per heavy atom. The molecule has 0 aliphatic carbocycles. The second-order valence-electron chi connectivity index (χ2n) is 7.19. The Kier molecular flexibility index (Phi) is 4.24. The number of ether oxygens (including phenoxy) is 1. The molecule has 0 spiro atoms. The third kappa shape index (κ3) is 3.18. The molecule has 1 aromatic carbocycles. The Balaban J connectivity index is 1.66. The van der Waals surface area contributed by atoms with Gasteiger partial charge in [-0.3, -0.25) is 14.6 Å². The van der Waals surface area contributed by atoms with Crippen LogP contribution in [0.2, 0.25) is 0 Å². The van der Waals surface area contributed by atoms with Gasteiger partial charge in [0.25, 0.3) is 0 Å². The molecule has 0 bridgehead atoms. The Morgan fingerprint density at radius 2 is 1.95 bits per heavy atom. The molecule has 2 saturated heterocycles. The number of rotatable bonds is 3. The standard InChI is InChI=1S/C18H26N2O2/c1-14-11-16(17(21)22-14)19-9-10-20(18(2,3)13-19)12-15-7-5-4-6-8-15/h4-8,14,16H,9-13H2,1-3H3. The summed E-state index contributed by atoms with van der Waals surface area (Å²) in [6, 6.07) is 10.5. The van der Waals surface area contributed by atoms with E-state index in [0.29, 0.717) is 0 Å². The van der Waals surface area contributed by atoms with Crippen molar-refractivity contribution in [3.8, 4) is 0 Å². The summed E-state index contributed by atoms with van der Waals surface area (Å²) in [5.41, 5.74) is 1.40. The zero-order valence-corrected chi connectivity index (χ0v) is 13.8. The van der Waals surface area contributed by atoms with E-state index >= 15 is 0 Å². The van der Waals surface area contributed by atoms with Crippen LogP contribution in [0.25, 0.3) is 0 Å². The molecule has 22 heavy (non-hydrogen) atoms. The number of hydrogen-bond donors (Lipinski definition) is 0. The highest BCUT2D eigenvalue weighted by atomic mass is 16.6. The number of piperazine rings is 1. The first-order valence-corrected chi connectivity index (χ1v) is 8.19. The van der Waals surface area contributed by atoms with Crippen molar-refractivity contribution >= 4 is 5.97 Å². The Morgan fingerprint density at radius 3 is 2.55 bits per heavy atom. The Labute approximate surface area is 133 Å². The summed E-state index contributed by atoms with van der Waals surface area (Å²) in [6.07, 6.45) is 0.885. The van der Waals surface area contributed by atoms with Crippen LogP contribution in [0.1, 0.15) is 32.8 Å². The van der Waals surface area contributed by atoms with E-state index < -0.39 is 0 Å². The van der Waals surface area contributed by atoms with Gasteiger partial charge in [-0.25, -0.2) is 0 Å². The van der Waals surface area contributed by atoms with Gasteiger partial charge < -0.3 is 4.74 Å². The van der Waals surface area contributed by atoms with Crippen molar-refractivity contribution < 1.29 is 9.53 Å².